The predicted molar refractivity (Wildman–Crippen MR) is 102 cm³/mol. The monoisotopic (exact) mass is 351 g/mol. The van der Waals surface area contributed by atoms with Crippen LogP contribution in [0, 0.1) is 0 Å². The lowest BCUT2D eigenvalue weighted by Crippen LogP contribution is -2.34. The van der Waals surface area contributed by atoms with Crippen molar-refractivity contribution in [2.24, 2.45) is 5.10 Å². The van der Waals surface area contributed by atoms with Gasteiger partial charge in [-0.15, -0.1) is 0 Å². The first-order chi connectivity index (χ1) is 12.6. The van der Waals surface area contributed by atoms with Crippen molar-refractivity contribution in [3.63, 3.8) is 0 Å². The topological polar surface area (TPSA) is 85.2 Å². The minimum absolute atomic E-state index is 0.232. The highest BCUT2D eigenvalue weighted by Gasteiger charge is 2.27. The minimum atomic E-state index is -0.956. The number of hydrazone groups is 1. The van der Waals surface area contributed by atoms with Crippen LogP contribution in [0.4, 0.5) is 11.4 Å². The molecular weight excluding hydrogens is 330 g/mol. The average Bonchev–Trinajstić information content (AvgIpc) is 2.66. The van der Waals surface area contributed by atoms with Crippen LogP contribution < -0.4 is 10.3 Å². The van der Waals surface area contributed by atoms with E-state index in [1.807, 2.05) is 6.07 Å². The van der Waals surface area contributed by atoms with Crippen molar-refractivity contribution >= 4 is 23.6 Å². The quantitative estimate of drug-likeness (QED) is 0.582. The lowest BCUT2D eigenvalue weighted by Gasteiger charge is -2.37. The van der Waals surface area contributed by atoms with E-state index in [1.54, 1.807) is 18.3 Å². The molecule has 0 aromatic heterocycles. The fourth-order valence-corrected chi connectivity index (χ4v) is 3.83. The Bertz CT molecular complexity index is 873. The van der Waals surface area contributed by atoms with Gasteiger partial charge in [0.15, 0.2) is 0 Å². The Balaban J connectivity index is 1.56. The highest BCUT2D eigenvalue weighted by Crippen LogP contribution is 2.41. The second-order valence-corrected chi connectivity index (χ2v) is 6.75. The Morgan fingerprint density at radius 3 is 2.62 bits per heavy atom. The Morgan fingerprint density at radius 2 is 1.88 bits per heavy atom. The molecule has 6 nitrogen and oxygen atoms in total. The summed E-state index contributed by atoms with van der Waals surface area (Å²) >= 11 is 0. The number of nitrogens with one attached hydrogen (secondary N) is 1. The SMILES string of the molecule is O=C(O)c1ccc(N/N=C\c2cc3c4c(c2O)CCCN4CCC3)cc1. The number of hydrogen-bond acceptors (Lipinski definition) is 5. The summed E-state index contributed by atoms with van der Waals surface area (Å²) in [5.41, 5.74) is 8.09. The Kier molecular flexibility index (Phi) is 4.24. The number of anilines is 2. The summed E-state index contributed by atoms with van der Waals surface area (Å²) < 4.78 is 0. The van der Waals surface area contributed by atoms with Crippen LogP contribution in [0.25, 0.3) is 0 Å². The van der Waals surface area contributed by atoms with Crippen LogP contribution in [0.1, 0.15) is 39.9 Å². The summed E-state index contributed by atoms with van der Waals surface area (Å²) in [5, 5.41) is 23.8. The molecule has 2 heterocycles. The highest BCUT2D eigenvalue weighted by molar-refractivity contribution is 5.89. The van der Waals surface area contributed by atoms with Crippen LogP contribution in [-0.4, -0.2) is 35.5 Å². The zero-order valence-corrected chi connectivity index (χ0v) is 14.4. The van der Waals surface area contributed by atoms with Crippen molar-refractivity contribution in [3.8, 4) is 5.75 Å². The van der Waals surface area contributed by atoms with Gasteiger partial charge in [0.05, 0.1) is 17.5 Å². The fraction of sp³-hybridized carbons (Fsp3) is 0.300. The van der Waals surface area contributed by atoms with Gasteiger partial charge >= 0.3 is 5.97 Å². The van der Waals surface area contributed by atoms with Gasteiger partial charge in [-0.25, -0.2) is 4.79 Å². The number of carboxylic acids is 1. The van der Waals surface area contributed by atoms with Crippen LogP contribution in [0.3, 0.4) is 0 Å². The fourth-order valence-electron chi connectivity index (χ4n) is 3.83. The lowest BCUT2D eigenvalue weighted by atomic mass is 9.89. The average molecular weight is 351 g/mol. The molecule has 0 fully saturated rings. The molecule has 2 aliphatic rings. The summed E-state index contributed by atoms with van der Waals surface area (Å²) in [6, 6.07) is 8.40. The van der Waals surface area contributed by atoms with Crippen LogP contribution in [0.5, 0.6) is 5.75 Å². The minimum Gasteiger partial charge on any atom is -0.507 e. The van der Waals surface area contributed by atoms with Crippen LogP contribution >= 0.6 is 0 Å². The van der Waals surface area contributed by atoms with Crippen molar-refractivity contribution in [1.29, 1.82) is 0 Å². The van der Waals surface area contributed by atoms with Gasteiger partial charge in [-0.3, -0.25) is 5.43 Å². The van der Waals surface area contributed by atoms with Crippen LogP contribution in [-0.2, 0) is 12.8 Å². The maximum absolute atomic E-state index is 10.9. The maximum atomic E-state index is 10.9. The molecule has 0 bridgehead atoms. The number of phenolic OH excluding ortho intramolecular Hbond substituents is 1. The molecule has 0 aliphatic carbocycles. The molecule has 2 aromatic carbocycles. The molecule has 3 N–H and O–H groups in total. The third kappa shape index (κ3) is 2.98. The highest BCUT2D eigenvalue weighted by atomic mass is 16.4. The number of nitrogens with zero attached hydrogens (tertiary/aromatic N) is 2. The molecule has 2 aliphatic heterocycles. The predicted octanol–water partition coefficient (Wildman–Crippen LogP) is 3.24. The molecule has 26 heavy (non-hydrogen) atoms. The summed E-state index contributed by atoms with van der Waals surface area (Å²) in [5.74, 6) is -0.635. The van der Waals surface area contributed by atoms with Gasteiger partial charge in [-0.2, -0.15) is 5.10 Å². The van der Waals surface area contributed by atoms with E-state index in [-0.39, 0.29) is 5.56 Å². The number of aromatic hydroxyl groups is 1. The van der Waals surface area contributed by atoms with E-state index in [2.05, 4.69) is 15.4 Å². The standard InChI is InChI=1S/C20H21N3O3/c24-19-15(12-21-22-16-7-5-13(6-8-16)20(25)26)11-14-3-1-9-23-10-2-4-17(19)18(14)23/h5-8,11-12,22,24H,1-4,9-10H2,(H,25,26)/b21-12-. The molecule has 0 amide bonds. The number of carboxylic acid groups (broad SMARTS) is 1. The molecule has 0 radical (unpaired) electrons. The molecular formula is C20H21N3O3. The molecule has 0 unspecified atom stereocenters. The van der Waals surface area contributed by atoms with E-state index in [0.29, 0.717) is 11.4 Å². The number of benzene rings is 2. The maximum Gasteiger partial charge on any atom is 0.335 e. The van der Waals surface area contributed by atoms with E-state index < -0.39 is 5.97 Å². The van der Waals surface area contributed by atoms with E-state index in [9.17, 15) is 9.90 Å². The van der Waals surface area contributed by atoms with Gasteiger partial charge in [0, 0.05) is 29.9 Å². The summed E-state index contributed by atoms with van der Waals surface area (Å²) in [6.45, 7) is 2.14. The second kappa shape index (κ2) is 6.71. The second-order valence-electron chi connectivity index (χ2n) is 6.75. The summed E-state index contributed by atoms with van der Waals surface area (Å²) in [4.78, 5) is 13.3. The number of aryl methyl sites for hydroxylation is 1. The van der Waals surface area contributed by atoms with Crippen molar-refractivity contribution in [1.82, 2.24) is 0 Å². The third-order valence-electron chi connectivity index (χ3n) is 5.05. The van der Waals surface area contributed by atoms with Gasteiger partial charge in [-0.05, 0) is 61.6 Å². The van der Waals surface area contributed by atoms with Crippen LogP contribution in [0.15, 0.2) is 35.4 Å². The Hall–Kier alpha value is -3.02. The van der Waals surface area contributed by atoms with Gasteiger partial charge < -0.3 is 15.1 Å². The van der Waals surface area contributed by atoms with Crippen molar-refractivity contribution < 1.29 is 15.0 Å². The van der Waals surface area contributed by atoms with Gasteiger partial charge in [0.2, 0.25) is 0 Å². The normalized spacial score (nSPS) is 15.8. The van der Waals surface area contributed by atoms with Crippen molar-refractivity contribution in [2.45, 2.75) is 25.7 Å². The van der Waals surface area contributed by atoms with E-state index >= 15 is 0 Å². The number of rotatable bonds is 4. The lowest BCUT2D eigenvalue weighted by molar-refractivity contribution is 0.0697. The molecule has 2 aromatic rings. The molecule has 0 atom stereocenters. The largest absolute Gasteiger partial charge is 0.507 e. The smallest absolute Gasteiger partial charge is 0.335 e. The number of phenols is 1. The number of hydrogen-bond donors (Lipinski definition) is 3. The first kappa shape index (κ1) is 16.4. The summed E-state index contributed by atoms with van der Waals surface area (Å²) in [7, 11) is 0. The molecule has 6 heteroatoms. The van der Waals surface area contributed by atoms with E-state index in [0.717, 1.165) is 49.9 Å². The van der Waals surface area contributed by atoms with Crippen molar-refractivity contribution in [3.05, 3.63) is 52.6 Å². The molecule has 134 valence electrons. The first-order valence-corrected chi connectivity index (χ1v) is 8.88. The first-order valence-electron chi connectivity index (χ1n) is 8.88. The molecule has 4 rings (SSSR count). The van der Waals surface area contributed by atoms with Crippen molar-refractivity contribution in [2.75, 3.05) is 23.4 Å². The van der Waals surface area contributed by atoms with Crippen LogP contribution in [0.2, 0.25) is 0 Å². The number of aromatic carboxylic acids is 1. The Morgan fingerprint density at radius 1 is 1.15 bits per heavy atom. The van der Waals surface area contributed by atoms with Gasteiger partial charge in [0.25, 0.3) is 0 Å². The number of carbonyl (C=O) groups is 1. The molecule has 0 saturated carbocycles. The van der Waals surface area contributed by atoms with Gasteiger partial charge in [-0.1, -0.05) is 0 Å². The van der Waals surface area contributed by atoms with E-state index in [1.165, 1.54) is 23.4 Å². The molecule has 0 saturated heterocycles. The molecule has 0 spiro atoms. The summed E-state index contributed by atoms with van der Waals surface area (Å²) in [6.07, 6.45) is 5.77. The zero-order chi connectivity index (χ0) is 18.1. The zero-order valence-electron chi connectivity index (χ0n) is 14.4. The van der Waals surface area contributed by atoms with E-state index in [4.69, 9.17) is 5.11 Å². The third-order valence-corrected chi connectivity index (χ3v) is 5.05. The Labute approximate surface area is 151 Å². The van der Waals surface area contributed by atoms with Gasteiger partial charge in [0.1, 0.15) is 5.75 Å².